The zero-order valence-electron chi connectivity index (χ0n) is 11.0. The van der Waals surface area contributed by atoms with Crippen molar-refractivity contribution in [3.63, 3.8) is 0 Å². The lowest BCUT2D eigenvalue weighted by atomic mass is 9.97. The number of amides is 1. The van der Waals surface area contributed by atoms with Gasteiger partial charge >= 0.3 is 11.9 Å². The molecule has 0 fully saturated rings. The Balaban J connectivity index is 5.03. The molecule has 2 atom stereocenters. The molecule has 0 bridgehead atoms. The lowest BCUT2D eigenvalue weighted by Gasteiger charge is -2.32. The van der Waals surface area contributed by atoms with Crippen LogP contribution < -0.4 is 0 Å². The van der Waals surface area contributed by atoms with Gasteiger partial charge in [0.1, 0.15) is 6.04 Å². The van der Waals surface area contributed by atoms with Gasteiger partial charge in [0.2, 0.25) is 5.91 Å². The number of rotatable bonds is 8. The van der Waals surface area contributed by atoms with Crippen molar-refractivity contribution >= 4 is 17.8 Å². The number of carbonyl (C=O) groups is 3. The van der Waals surface area contributed by atoms with Crippen molar-refractivity contribution < 1.29 is 24.6 Å². The van der Waals surface area contributed by atoms with Gasteiger partial charge in [-0.05, 0) is 5.92 Å². The van der Waals surface area contributed by atoms with Crippen molar-refractivity contribution in [3.05, 3.63) is 0 Å². The first-order valence-electron chi connectivity index (χ1n) is 6.09. The largest absolute Gasteiger partial charge is 0.481 e. The van der Waals surface area contributed by atoms with E-state index in [0.717, 1.165) is 0 Å². The van der Waals surface area contributed by atoms with Crippen LogP contribution in [0.2, 0.25) is 0 Å². The number of hydrogen-bond donors (Lipinski definition) is 2. The van der Waals surface area contributed by atoms with Gasteiger partial charge in [-0.1, -0.05) is 27.2 Å². The average Bonchev–Trinajstić information content (AvgIpc) is 2.31. The van der Waals surface area contributed by atoms with E-state index in [1.807, 2.05) is 6.92 Å². The molecule has 0 saturated carbocycles. The van der Waals surface area contributed by atoms with Gasteiger partial charge in [-0.25, -0.2) is 4.79 Å². The second-order valence-electron chi connectivity index (χ2n) is 4.25. The van der Waals surface area contributed by atoms with E-state index in [0.29, 0.717) is 6.42 Å². The Morgan fingerprint density at radius 1 is 1.17 bits per heavy atom. The van der Waals surface area contributed by atoms with Crippen LogP contribution in [0.25, 0.3) is 0 Å². The third-order valence-corrected chi connectivity index (χ3v) is 2.96. The van der Waals surface area contributed by atoms with Gasteiger partial charge < -0.3 is 15.1 Å². The van der Waals surface area contributed by atoms with Gasteiger partial charge in [0.25, 0.3) is 0 Å². The minimum atomic E-state index is -1.09. The number of aliphatic carboxylic acids is 2. The molecular formula is C12H21NO5. The molecule has 0 aliphatic carbocycles. The summed E-state index contributed by atoms with van der Waals surface area (Å²) >= 11 is 0. The summed E-state index contributed by atoms with van der Waals surface area (Å²) in [6, 6.07) is -0.957. The molecule has 0 aromatic carbocycles. The summed E-state index contributed by atoms with van der Waals surface area (Å²) in [6.07, 6.45) is 0.531. The van der Waals surface area contributed by atoms with Crippen molar-refractivity contribution in [2.24, 2.45) is 5.92 Å². The number of carboxylic acids is 2. The molecule has 6 heteroatoms. The summed E-state index contributed by atoms with van der Waals surface area (Å²) in [5, 5.41) is 17.9. The van der Waals surface area contributed by atoms with Crippen LogP contribution in [0.1, 0.15) is 40.0 Å². The molecule has 6 nitrogen and oxygen atoms in total. The van der Waals surface area contributed by atoms with Crippen LogP contribution in [0.15, 0.2) is 0 Å². The zero-order chi connectivity index (χ0) is 14.3. The Morgan fingerprint density at radius 3 is 2.06 bits per heavy atom. The Bertz CT molecular complexity index is 316. The molecule has 0 saturated heterocycles. The van der Waals surface area contributed by atoms with Gasteiger partial charge in [0.05, 0.1) is 6.42 Å². The highest BCUT2D eigenvalue weighted by Gasteiger charge is 2.32. The zero-order valence-corrected chi connectivity index (χ0v) is 11.0. The number of carboxylic acid groups (broad SMARTS) is 2. The quantitative estimate of drug-likeness (QED) is 0.683. The second kappa shape index (κ2) is 7.68. The summed E-state index contributed by atoms with van der Waals surface area (Å²) < 4.78 is 0. The predicted octanol–water partition coefficient (Wildman–Crippen LogP) is 1.20. The van der Waals surface area contributed by atoms with Gasteiger partial charge in [-0.3, -0.25) is 9.59 Å². The maximum atomic E-state index is 11.8. The maximum Gasteiger partial charge on any atom is 0.326 e. The van der Waals surface area contributed by atoms with Crippen LogP contribution in [0.3, 0.4) is 0 Å². The Morgan fingerprint density at radius 2 is 1.72 bits per heavy atom. The van der Waals surface area contributed by atoms with Crippen LogP contribution in [0, 0.1) is 5.92 Å². The molecule has 2 N–H and O–H groups in total. The van der Waals surface area contributed by atoms with Crippen LogP contribution in [0.5, 0.6) is 0 Å². The highest BCUT2D eigenvalue weighted by molar-refractivity contribution is 5.84. The molecule has 104 valence electrons. The van der Waals surface area contributed by atoms with Crippen molar-refractivity contribution in [3.8, 4) is 0 Å². The molecule has 0 aliphatic heterocycles. The highest BCUT2D eigenvalue weighted by atomic mass is 16.4. The lowest BCUT2D eigenvalue weighted by Crippen LogP contribution is -2.49. The summed E-state index contributed by atoms with van der Waals surface area (Å²) in [5.74, 6) is -2.68. The average molecular weight is 259 g/mol. The van der Waals surface area contributed by atoms with Crippen LogP contribution >= 0.6 is 0 Å². The molecule has 18 heavy (non-hydrogen) atoms. The summed E-state index contributed by atoms with van der Waals surface area (Å²) in [7, 11) is 0. The van der Waals surface area contributed by atoms with E-state index in [9.17, 15) is 19.5 Å². The molecular weight excluding hydrogens is 238 g/mol. The smallest absolute Gasteiger partial charge is 0.326 e. The van der Waals surface area contributed by atoms with E-state index in [1.54, 1.807) is 13.8 Å². The number of nitrogens with zero attached hydrogens (tertiary/aromatic N) is 1. The summed E-state index contributed by atoms with van der Waals surface area (Å²) in [5.41, 5.74) is 0. The molecule has 0 heterocycles. The first-order chi connectivity index (χ1) is 8.34. The summed E-state index contributed by atoms with van der Waals surface area (Å²) in [6.45, 7) is 5.15. The van der Waals surface area contributed by atoms with Gasteiger partial charge in [-0.15, -0.1) is 0 Å². The normalized spacial score (nSPS) is 13.7. The molecule has 0 aromatic heterocycles. The SMILES string of the molecule is CCC(=O)N(CCC(=O)O)C(C(=O)O)C(C)CC. The predicted molar refractivity (Wildman–Crippen MR) is 65.1 cm³/mol. The van der Waals surface area contributed by atoms with E-state index in [2.05, 4.69) is 0 Å². The van der Waals surface area contributed by atoms with Crippen molar-refractivity contribution in [2.75, 3.05) is 6.54 Å². The molecule has 0 radical (unpaired) electrons. The van der Waals surface area contributed by atoms with E-state index in [1.165, 1.54) is 4.90 Å². The number of carbonyl (C=O) groups excluding carboxylic acids is 1. The van der Waals surface area contributed by atoms with Crippen LogP contribution in [0.4, 0.5) is 0 Å². The van der Waals surface area contributed by atoms with E-state index < -0.39 is 18.0 Å². The van der Waals surface area contributed by atoms with Crippen molar-refractivity contribution in [2.45, 2.75) is 46.1 Å². The number of hydrogen-bond acceptors (Lipinski definition) is 3. The molecule has 2 unspecified atom stereocenters. The standard InChI is InChI=1S/C12H21NO5/c1-4-8(3)11(12(17)18)13(9(14)5-2)7-6-10(15)16/h8,11H,4-7H2,1-3H3,(H,15,16)(H,17,18). The monoisotopic (exact) mass is 259 g/mol. The minimum absolute atomic E-state index is 0.0662. The third kappa shape index (κ3) is 4.73. The van der Waals surface area contributed by atoms with E-state index in [4.69, 9.17) is 5.11 Å². The van der Waals surface area contributed by atoms with Crippen LogP contribution in [-0.4, -0.2) is 45.5 Å². The fourth-order valence-corrected chi connectivity index (χ4v) is 1.75. The van der Waals surface area contributed by atoms with Crippen molar-refractivity contribution in [1.82, 2.24) is 4.90 Å². The molecule has 0 aliphatic rings. The fourth-order valence-electron chi connectivity index (χ4n) is 1.75. The van der Waals surface area contributed by atoms with E-state index >= 15 is 0 Å². The van der Waals surface area contributed by atoms with Crippen LogP contribution in [-0.2, 0) is 14.4 Å². The van der Waals surface area contributed by atoms with Gasteiger partial charge in [0, 0.05) is 13.0 Å². The topological polar surface area (TPSA) is 94.9 Å². The molecule has 1 amide bonds. The van der Waals surface area contributed by atoms with Gasteiger partial charge in [-0.2, -0.15) is 0 Å². The Kier molecular flexibility index (Phi) is 7.00. The first-order valence-corrected chi connectivity index (χ1v) is 6.09. The molecule has 0 rings (SSSR count). The highest BCUT2D eigenvalue weighted by Crippen LogP contribution is 2.17. The Labute approximate surface area is 107 Å². The molecule has 0 aromatic rings. The minimum Gasteiger partial charge on any atom is -0.481 e. The first kappa shape index (κ1) is 16.4. The second-order valence-corrected chi connectivity index (χ2v) is 4.25. The Hall–Kier alpha value is -1.59. The van der Waals surface area contributed by atoms with E-state index in [-0.39, 0.29) is 31.2 Å². The lowest BCUT2D eigenvalue weighted by molar-refractivity contribution is -0.153. The molecule has 0 spiro atoms. The fraction of sp³-hybridized carbons (Fsp3) is 0.750. The van der Waals surface area contributed by atoms with Crippen molar-refractivity contribution in [1.29, 1.82) is 0 Å². The summed E-state index contributed by atoms with van der Waals surface area (Å²) in [4.78, 5) is 34.8. The third-order valence-electron chi connectivity index (χ3n) is 2.96. The maximum absolute atomic E-state index is 11.8. The van der Waals surface area contributed by atoms with Gasteiger partial charge in [0.15, 0.2) is 0 Å².